The summed E-state index contributed by atoms with van der Waals surface area (Å²) in [4.78, 5) is 12.6. The molecule has 1 N–H and O–H groups in total. The molecule has 0 saturated carbocycles. The molecule has 2 rings (SSSR count). The number of amides is 1. The summed E-state index contributed by atoms with van der Waals surface area (Å²) in [5, 5.41) is 2.95. The fourth-order valence-electron chi connectivity index (χ4n) is 3.07. The van der Waals surface area contributed by atoms with E-state index in [0.29, 0.717) is 5.56 Å². The van der Waals surface area contributed by atoms with Crippen LogP contribution in [0.5, 0.6) is 11.5 Å². The molecule has 2 aromatic rings. The van der Waals surface area contributed by atoms with Gasteiger partial charge in [-0.3, -0.25) is 4.79 Å². The Labute approximate surface area is 170 Å². The van der Waals surface area contributed by atoms with E-state index in [4.69, 9.17) is 4.74 Å². The normalized spacial score (nSPS) is 11.5. The van der Waals surface area contributed by atoms with Crippen molar-refractivity contribution in [3.8, 4) is 11.5 Å². The number of ether oxygens (including phenoxy) is 2. The van der Waals surface area contributed by atoms with Crippen molar-refractivity contribution in [3.63, 3.8) is 0 Å². The summed E-state index contributed by atoms with van der Waals surface area (Å²) in [6.45, 7) is 5.26. The average Bonchev–Trinajstić information content (AvgIpc) is 2.66. The zero-order valence-corrected chi connectivity index (χ0v) is 17.3. The zero-order chi connectivity index (χ0) is 21.6. The van der Waals surface area contributed by atoms with E-state index in [1.807, 2.05) is 18.2 Å². The molecule has 29 heavy (non-hydrogen) atoms. The van der Waals surface area contributed by atoms with Gasteiger partial charge in [-0.15, -0.1) is 0 Å². The van der Waals surface area contributed by atoms with Gasteiger partial charge in [0.25, 0.3) is 0 Å². The standard InChI is InChI=1S/C23H27F2NO3/c1-14(2)17-9-7-10-18(15(3)4)21(17)26-20(27)13-12-16-8-6-11-19(28-5)22(16)29-23(24)25/h6-15,23H,1-5H3,(H,26,27). The van der Waals surface area contributed by atoms with Crippen molar-refractivity contribution in [2.45, 2.75) is 46.1 Å². The molecule has 0 aliphatic heterocycles. The van der Waals surface area contributed by atoms with Crippen LogP contribution < -0.4 is 14.8 Å². The average molecular weight is 403 g/mol. The SMILES string of the molecule is COc1cccc(C=CC(=O)Nc2c(C(C)C)cccc2C(C)C)c1OC(F)F. The van der Waals surface area contributed by atoms with Gasteiger partial charge in [0.05, 0.1) is 7.11 Å². The van der Waals surface area contributed by atoms with E-state index in [0.717, 1.165) is 16.8 Å². The second-order valence-electron chi connectivity index (χ2n) is 7.20. The van der Waals surface area contributed by atoms with Gasteiger partial charge in [-0.2, -0.15) is 8.78 Å². The Hall–Kier alpha value is -2.89. The number of para-hydroxylation sites is 2. The summed E-state index contributed by atoms with van der Waals surface area (Å²) in [7, 11) is 1.37. The predicted molar refractivity (Wildman–Crippen MR) is 112 cm³/mol. The molecule has 0 aliphatic carbocycles. The molecule has 0 unspecified atom stereocenters. The van der Waals surface area contributed by atoms with Gasteiger partial charge in [0.2, 0.25) is 5.91 Å². The molecule has 2 aromatic carbocycles. The molecule has 6 heteroatoms. The molecule has 0 bridgehead atoms. The third-order valence-electron chi connectivity index (χ3n) is 4.47. The van der Waals surface area contributed by atoms with Crippen LogP contribution in [0.15, 0.2) is 42.5 Å². The number of benzene rings is 2. The fraction of sp³-hybridized carbons (Fsp3) is 0.348. The molecular formula is C23H27F2NO3. The maximum atomic E-state index is 12.8. The minimum absolute atomic E-state index is 0.112. The third-order valence-corrected chi connectivity index (χ3v) is 4.47. The lowest BCUT2D eigenvalue weighted by Gasteiger charge is -2.19. The van der Waals surface area contributed by atoms with E-state index in [2.05, 4.69) is 37.7 Å². The van der Waals surface area contributed by atoms with Gasteiger partial charge < -0.3 is 14.8 Å². The van der Waals surface area contributed by atoms with Crippen molar-refractivity contribution in [2.75, 3.05) is 12.4 Å². The van der Waals surface area contributed by atoms with Crippen LogP contribution in [-0.4, -0.2) is 19.6 Å². The van der Waals surface area contributed by atoms with Crippen LogP contribution in [0.2, 0.25) is 0 Å². The number of carbonyl (C=O) groups is 1. The minimum Gasteiger partial charge on any atom is -0.493 e. The Balaban J connectivity index is 2.32. The number of anilines is 1. The van der Waals surface area contributed by atoms with Gasteiger partial charge in [0, 0.05) is 17.3 Å². The van der Waals surface area contributed by atoms with E-state index in [9.17, 15) is 13.6 Å². The van der Waals surface area contributed by atoms with Crippen molar-refractivity contribution in [3.05, 3.63) is 59.2 Å². The molecule has 0 heterocycles. The van der Waals surface area contributed by atoms with Gasteiger partial charge >= 0.3 is 6.61 Å². The Kier molecular flexibility index (Phi) is 7.76. The molecule has 0 atom stereocenters. The summed E-state index contributed by atoms with van der Waals surface area (Å²) in [5.74, 6) is 0.167. The second-order valence-corrected chi connectivity index (χ2v) is 7.20. The first-order valence-electron chi connectivity index (χ1n) is 9.48. The van der Waals surface area contributed by atoms with Crippen LogP contribution in [0.1, 0.15) is 56.2 Å². The molecule has 0 spiro atoms. The van der Waals surface area contributed by atoms with Crippen molar-refractivity contribution in [1.29, 1.82) is 0 Å². The first-order valence-corrected chi connectivity index (χ1v) is 9.48. The molecule has 0 fully saturated rings. The highest BCUT2D eigenvalue weighted by Gasteiger charge is 2.16. The largest absolute Gasteiger partial charge is 0.493 e. The maximum Gasteiger partial charge on any atom is 0.387 e. The van der Waals surface area contributed by atoms with E-state index >= 15 is 0 Å². The number of halogens is 2. The van der Waals surface area contributed by atoms with Crippen molar-refractivity contribution in [2.24, 2.45) is 0 Å². The van der Waals surface area contributed by atoms with E-state index in [-0.39, 0.29) is 29.2 Å². The van der Waals surface area contributed by atoms with Crippen LogP contribution in [-0.2, 0) is 4.79 Å². The quantitative estimate of drug-likeness (QED) is 0.534. The second kappa shape index (κ2) is 10.0. The topological polar surface area (TPSA) is 47.6 Å². The lowest BCUT2D eigenvalue weighted by Crippen LogP contribution is -2.13. The summed E-state index contributed by atoms with van der Waals surface area (Å²) >= 11 is 0. The molecule has 1 amide bonds. The lowest BCUT2D eigenvalue weighted by atomic mass is 9.92. The number of rotatable bonds is 8. The van der Waals surface area contributed by atoms with Crippen LogP contribution in [0, 0.1) is 0 Å². The van der Waals surface area contributed by atoms with Gasteiger partial charge in [-0.05, 0) is 35.1 Å². The summed E-state index contributed by atoms with van der Waals surface area (Å²) in [6.07, 6.45) is 2.73. The first-order chi connectivity index (χ1) is 13.7. The van der Waals surface area contributed by atoms with E-state index in [1.54, 1.807) is 12.1 Å². The summed E-state index contributed by atoms with van der Waals surface area (Å²) in [6, 6.07) is 10.7. The number of nitrogens with one attached hydrogen (secondary N) is 1. The van der Waals surface area contributed by atoms with E-state index in [1.165, 1.54) is 25.3 Å². The highest BCUT2D eigenvalue weighted by atomic mass is 19.3. The smallest absolute Gasteiger partial charge is 0.387 e. The third kappa shape index (κ3) is 5.79. The van der Waals surface area contributed by atoms with Crippen LogP contribution >= 0.6 is 0 Å². The van der Waals surface area contributed by atoms with Gasteiger partial charge in [-0.25, -0.2) is 0 Å². The molecular weight excluding hydrogens is 376 g/mol. The fourth-order valence-corrected chi connectivity index (χ4v) is 3.07. The first kappa shape index (κ1) is 22.4. The highest BCUT2D eigenvalue weighted by molar-refractivity contribution is 6.03. The Morgan fingerprint density at radius 3 is 2.10 bits per heavy atom. The Morgan fingerprint density at radius 2 is 1.59 bits per heavy atom. The number of methoxy groups -OCH3 is 1. The zero-order valence-electron chi connectivity index (χ0n) is 17.3. The predicted octanol–water partition coefficient (Wildman–Crippen LogP) is 6.20. The number of hydrogen-bond donors (Lipinski definition) is 1. The highest BCUT2D eigenvalue weighted by Crippen LogP contribution is 2.34. The van der Waals surface area contributed by atoms with Crippen LogP contribution in [0.4, 0.5) is 14.5 Å². The van der Waals surface area contributed by atoms with Crippen LogP contribution in [0.25, 0.3) is 6.08 Å². The van der Waals surface area contributed by atoms with Crippen molar-refractivity contribution >= 4 is 17.7 Å². The monoisotopic (exact) mass is 403 g/mol. The van der Waals surface area contributed by atoms with Gasteiger partial charge in [-0.1, -0.05) is 58.0 Å². The van der Waals surface area contributed by atoms with E-state index < -0.39 is 6.61 Å². The van der Waals surface area contributed by atoms with Crippen molar-refractivity contribution in [1.82, 2.24) is 0 Å². The lowest BCUT2D eigenvalue weighted by molar-refractivity contribution is -0.111. The molecule has 4 nitrogen and oxygen atoms in total. The molecule has 0 radical (unpaired) electrons. The summed E-state index contributed by atoms with van der Waals surface area (Å²) in [5.41, 5.74) is 3.20. The van der Waals surface area contributed by atoms with Crippen molar-refractivity contribution < 1.29 is 23.0 Å². The number of alkyl halides is 2. The molecule has 0 saturated heterocycles. The molecule has 156 valence electrons. The van der Waals surface area contributed by atoms with Gasteiger partial charge in [0.1, 0.15) is 0 Å². The maximum absolute atomic E-state index is 12.8. The Morgan fingerprint density at radius 1 is 1.00 bits per heavy atom. The Bertz CT molecular complexity index is 850. The number of hydrogen-bond acceptors (Lipinski definition) is 3. The molecule has 0 aliphatic rings. The molecule has 0 aromatic heterocycles. The van der Waals surface area contributed by atoms with Gasteiger partial charge in [0.15, 0.2) is 11.5 Å². The van der Waals surface area contributed by atoms with Crippen LogP contribution in [0.3, 0.4) is 0 Å². The number of carbonyl (C=O) groups excluding carboxylic acids is 1. The minimum atomic E-state index is -3.00. The summed E-state index contributed by atoms with van der Waals surface area (Å²) < 4.78 is 35.2.